The number of ether oxygens (including phenoxy) is 1. The number of methoxy groups -OCH3 is 1. The first-order chi connectivity index (χ1) is 14.7. The first kappa shape index (κ1) is 18.8. The van der Waals surface area contributed by atoms with E-state index >= 15 is 0 Å². The van der Waals surface area contributed by atoms with Crippen molar-refractivity contribution in [2.75, 3.05) is 33.3 Å². The first-order valence-electron chi connectivity index (χ1n) is 10.2. The van der Waals surface area contributed by atoms with Crippen LogP contribution in [0.25, 0.3) is 22.1 Å². The van der Waals surface area contributed by atoms with Gasteiger partial charge in [-0.2, -0.15) is 0 Å². The molecule has 1 saturated heterocycles. The van der Waals surface area contributed by atoms with E-state index in [1.54, 1.807) is 7.11 Å². The van der Waals surface area contributed by atoms with Crippen molar-refractivity contribution in [1.29, 1.82) is 0 Å². The van der Waals surface area contributed by atoms with Gasteiger partial charge in [-0.3, -0.25) is 14.6 Å². The molecule has 3 heterocycles. The zero-order chi connectivity index (χ0) is 20.5. The molecule has 1 fully saturated rings. The van der Waals surface area contributed by atoms with Crippen LogP contribution in [0.3, 0.4) is 0 Å². The smallest absolute Gasteiger partial charge is 0.294 e. The van der Waals surface area contributed by atoms with Crippen LogP contribution in [0.15, 0.2) is 57.7 Å². The Labute approximate surface area is 173 Å². The third kappa shape index (κ3) is 3.69. The van der Waals surface area contributed by atoms with Gasteiger partial charge >= 0.3 is 0 Å². The molecule has 0 radical (unpaired) electrons. The number of rotatable bonds is 5. The molecule has 30 heavy (non-hydrogen) atoms. The van der Waals surface area contributed by atoms with Crippen molar-refractivity contribution in [3.8, 4) is 5.75 Å². The lowest BCUT2D eigenvalue weighted by Crippen LogP contribution is -2.45. The number of para-hydroxylation sites is 1. The summed E-state index contributed by atoms with van der Waals surface area (Å²) in [5.74, 6) is 1.56. The quantitative estimate of drug-likeness (QED) is 0.551. The predicted molar refractivity (Wildman–Crippen MR) is 116 cm³/mol. The molecule has 2 aromatic carbocycles. The van der Waals surface area contributed by atoms with Gasteiger partial charge < -0.3 is 14.1 Å². The van der Waals surface area contributed by atoms with Gasteiger partial charge in [-0.05, 0) is 29.8 Å². The van der Waals surface area contributed by atoms with E-state index in [9.17, 15) is 4.79 Å². The highest BCUT2D eigenvalue weighted by Crippen LogP contribution is 2.24. The summed E-state index contributed by atoms with van der Waals surface area (Å²) in [6.45, 7) is 5.38. The number of aromatic nitrogens is 2. The Morgan fingerprint density at radius 1 is 1.00 bits per heavy atom. The third-order valence-electron chi connectivity index (χ3n) is 5.68. The van der Waals surface area contributed by atoms with Crippen LogP contribution < -0.4 is 10.3 Å². The minimum Gasteiger partial charge on any atom is -0.497 e. The van der Waals surface area contributed by atoms with E-state index < -0.39 is 0 Å². The molecular weight excluding hydrogens is 380 g/mol. The number of nitrogens with zero attached hydrogens (tertiary/aromatic N) is 3. The monoisotopic (exact) mass is 404 g/mol. The minimum absolute atomic E-state index is 0.218. The summed E-state index contributed by atoms with van der Waals surface area (Å²) < 4.78 is 10.9. The number of hydrogen-bond acceptors (Lipinski definition) is 6. The summed E-state index contributed by atoms with van der Waals surface area (Å²) in [7, 11) is 1.68. The number of nitrogens with one attached hydrogen (secondary N) is 1. The summed E-state index contributed by atoms with van der Waals surface area (Å²) in [6, 6.07) is 15.9. The largest absolute Gasteiger partial charge is 0.497 e. The second kappa shape index (κ2) is 7.93. The van der Waals surface area contributed by atoms with Crippen LogP contribution in [0.2, 0.25) is 0 Å². The zero-order valence-corrected chi connectivity index (χ0v) is 16.9. The topological polar surface area (TPSA) is 74.6 Å². The van der Waals surface area contributed by atoms with E-state index in [4.69, 9.17) is 14.1 Å². The van der Waals surface area contributed by atoms with E-state index in [1.165, 1.54) is 5.56 Å². The Balaban J connectivity index is 1.25. The molecule has 1 aliphatic heterocycles. The summed E-state index contributed by atoms with van der Waals surface area (Å²) in [5, 5.41) is 0.879. The van der Waals surface area contributed by atoms with Crippen molar-refractivity contribution >= 4 is 22.1 Å². The van der Waals surface area contributed by atoms with E-state index in [1.807, 2.05) is 36.4 Å². The zero-order valence-electron chi connectivity index (χ0n) is 16.9. The molecule has 4 aromatic rings. The predicted octanol–water partition coefficient (Wildman–Crippen LogP) is 3.00. The molecule has 0 unspecified atom stereocenters. The minimum atomic E-state index is -0.218. The number of fused-ring (bicyclic) bond motifs is 3. The number of hydrogen-bond donors (Lipinski definition) is 1. The van der Waals surface area contributed by atoms with Gasteiger partial charge in [0.05, 0.1) is 13.7 Å². The Morgan fingerprint density at radius 3 is 2.43 bits per heavy atom. The summed E-state index contributed by atoms with van der Waals surface area (Å²) in [5.41, 5.74) is 2.69. The third-order valence-corrected chi connectivity index (χ3v) is 5.68. The summed E-state index contributed by atoms with van der Waals surface area (Å²) in [6.07, 6.45) is 0. The molecule has 5 rings (SSSR count). The number of aromatic amines is 1. The first-order valence-corrected chi connectivity index (χ1v) is 10.2. The summed E-state index contributed by atoms with van der Waals surface area (Å²) in [4.78, 5) is 24.9. The normalized spacial score (nSPS) is 15.8. The van der Waals surface area contributed by atoms with Crippen LogP contribution in [0, 0.1) is 0 Å². The van der Waals surface area contributed by atoms with Gasteiger partial charge in [0.2, 0.25) is 5.58 Å². The van der Waals surface area contributed by atoms with E-state index in [2.05, 4.69) is 26.9 Å². The molecule has 0 amide bonds. The van der Waals surface area contributed by atoms with E-state index in [-0.39, 0.29) is 5.56 Å². The second-order valence-electron chi connectivity index (χ2n) is 7.69. The molecule has 0 atom stereocenters. The molecule has 0 saturated carbocycles. The lowest BCUT2D eigenvalue weighted by Gasteiger charge is -2.34. The van der Waals surface area contributed by atoms with Crippen LogP contribution >= 0.6 is 0 Å². The molecule has 7 nitrogen and oxygen atoms in total. The van der Waals surface area contributed by atoms with Gasteiger partial charge in [-0.15, -0.1) is 0 Å². The van der Waals surface area contributed by atoms with Gasteiger partial charge in [0.1, 0.15) is 22.7 Å². The van der Waals surface area contributed by atoms with Gasteiger partial charge in [0, 0.05) is 38.1 Å². The van der Waals surface area contributed by atoms with Gasteiger partial charge in [-0.25, -0.2) is 4.98 Å². The fraction of sp³-hybridized carbons (Fsp3) is 0.304. The van der Waals surface area contributed by atoms with Gasteiger partial charge in [-0.1, -0.05) is 24.3 Å². The van der Waals surface area contributed by atoms with Crippen molar-refractivity contribution in [2.24, 2.45) is 0 Å². The maximum absolute atomic E-state index is 12.5. The summed E-state index contributed by atoms with van der Waals surface area (Å²) >= 11 is 0. The SMILES string of the molecule is COc1ccc(CN2CCN(Cc3nc4c(oc5ccccc54)c(=O)[nH]3)CC2)cc1. The average molecular weight is 404 g/mol. The van der Waals surface area contributed by atoms with E-state index in [0.29, 0.717) is 29.1 Å². The van der Waals surface area contributed by atoms with Gasteiger partial charge in [0.25, 0.3) is 5.56 Å². The number of H-pyrrole nitrogens is 1. The van der Waals surface area contributed by atoms with Crippen LogP contribution in [0.5, 0.6) is 5.75 Å². The van der Waals surface area contributed by atoms with Crippen molar-refractivity contribution in [3.63, 3.8) is 0 Å². The molecule has 1 aliphatic rings. The molecule has 0 bridgehead atoms. The maximum Gasteiger partial charge on any atom is 0.294 e. The van der Waals surface area contributed by atoms with Crippen LogP contribution in [0.1, 0.15) is 11.4 Å². The Hall–Kier alpha value is -3.16. The van der Waals surface area contributed by atoms with Crippen LogP contribution in [-0.4, -0.2) is 53.1 Å². The van der Waals surface area contributed by atoms with Crippen molar-refractivity contribution < 1.29 is 9.15 Å². The molecule has 1 N–H and O–H groups in total. The van der Waals surface area contributed by atoms with E-state index in [0.717, 1.165) is 43.9 Å². The molecule has 0 spiro atoms. The van der Waals surface area contributed by atoms with Crippen molar-refractivity contribution in [3.05, 3.63) is 70.3 Å². The fourth-order valence-electron chi connectivity index (χ4n) is 4.03. The number of benzene rings is 2. The molecular formula is C23H24N4O3. The Morgan fingerprint density at radius 2 is 1.70 bits per heavy atom. The van der Waals surface area contributed by atoms with Crippen molar-refractivity contribution in [1.82, 2.24) is 19.8 Å². The lowest BCUT2D eigenvalue weighted by molar-refractivity contribution is 0.120. The average Bonchev–Trinajstić information content (AvgIpc) is 3.15. The Bertz CT molecular complexity index is 1220. The highest BCUT2D eigenvalue weighted by Gasteiger charge is 2.19. The van der Waals surface area contributed by atoms with Crippen LogP contribution in [-0.2, 0) is 13.1 Å². The highest BCUT2D eigenvalue weighted by atomic mass is 16.5. The standard InChI is InChI=1S/C23H24N4O3/c1-29-17-8-6-16(7-9-17)14-26-10-12-27(13-11-26)15-20-24-21-18-4-2-3-5-19(18)30-22(21)23(28)25-20/h2-9H,10-15H2,1H3,(H,24,25,28). The number of furan rings is 1. The molecule has 0 aliphatic carbocycles. The van der Waals surface area contributed by atoms with Crippen molar-refractivity contribution in [2.45, 2.75) is 13.1 Å². The second-order valence-corrected chi connectivity index (χ2v) is 7.69. The highest BCUT2D eigenvalue weighted by molar-refractivity contribution is 6.01. The maximum atomic E-state index is 12.5. The molecule has 154 valence electrons. The number of piperazine rings is 1. The van der Waals surface area contributed by atoms with Crippen LogP contribution in [0.4, 0.5) is 0 Å². The molecule has 2 aromatic heterocycles. The van der Waals surface area contributed by atoms with Gasteiger partial charge in [0.15, 0.2) is 0 Å². The Kier molecular flexibility index (Phi) is 4.98. The fourth-order valence-corrected chi connectivity index (χ4v) is 4.03. The lowest BCUT2D eigenvalue weighted by atomic mass is 10.2. The molecule has 7 heteroatoms.